The molecule has 0 fully saturated rings. The molecule has 112 valence electrons. The molecule has 1 heterocycles. The first-order valence-corrected chi connectivity index (χ1v) is 7.10. The van der Waals surface area contributed by atoms with Crippen LogP contribution in [0, 0.1) is 0 Å². The van der Waals surface area contributed by atoms with Crippen molar-refractivity contribution in [3.63, 3.8) is 0 Å². The van der Waals surface area contributed by atoms with Crippen LogP contribution in [0.3, 0.4) is 0 Å². The Labute approximate surface area is 130 Å². The highest BCUT2D eigenvalue weighted by atomic mass is 35.5. The van der Waals surface area contributed by atoms with Gasteiger partial charge in [0.15, 0.2) is 0 Å². The third-order valence-corrected chi connectivity index (χ3v) is 3.70. The highest BCUT2D eigenvalue weighted by Gasteiger charge is 2.12. The second kappa shape index (κ2) is 7.29. The lowest BCUT2D eigenvalue weighted by Crippen LogP contribution is -2.14. The number of benzene rings is 1. The molecule has 1 aromatic carbocycles. The summed E-state index contributed by atoms with van der Waals surface area (Å²) < 4.78 is 11.2. The van der Waals surface area contributed by atoms with Crippen molar-refractivity contribution in [3.8, 4) is 11.5 Å². The van der Waals surface area contributed by atoms with Gasteiger partial charge in [-0.2, -0.15) is 0 Å². The average molecular weight is 307 g/mol. The Kier molecular flexibility index (Phi) is 5.42. The zero-order valence-electron chi connectivity index (χ0n) is 12.4. The fraction of sp³-hybridized carbons (Fsp3) is 0.312. The fourth-order valence-corrected chi connectivity index (χ4v) is 2.13. The lowest BCUT2D eigenvalue weighted by atomic mass is 10.1. The Morgan fingerprint density at radius 2 is 2.14 bits per heavy atom. The number of hydrogen-bond acceptors (Lipinski definition) is 4. The lowest BCUT2D eigenvalue weighted by Gasteiger charge is -2.17. The fourth-order valence-electron chi connectivity index (χ4n) is 1.96. The van der Waals surface area contributed by atoms with Crippen molar-refractivity contribution in [2.75, 3.05) is 14.2 Å². The molecule has 0 saturated carbocycles. The average Bonchev–Trinajstić information content (AvgIpc) is 2.53. The van der Waals surface area contributed by atoms with Crippen LogP contribution in [0.5, 0.6) is 11.5 Å². The van der Waals surface area contributed by atoms with E-state index in [0.717, 1.165) is 22.6 Å². The molecule has 0 aliphatic heterocycles. The summed E-state index contributed by atoms with van der Waals surface area (Å²) in [6.07, 6.45) is 3.32. The third-order valence-electron chi connectivity index (χ3n) is 3.36. The minimum absolute atomic E-state index is 0.179. The van der Waals surface area contributed by atoms with Gasteiger partial charge in [-0.3, -0.25) is 4.98 Å². The van der Waals surface area contributed by atoms with Gasteiger partial charge in [0.1, 0.15) is 18.1 Å². The zero-order valence-corrected chi connectivity index (χ0v) is 13.1. The largest absolute Gasteiger partial charge is 0.497 e. The van der Waals surface area contributed by atoms with Gasteiger partial charge < -0.3 is 14.8 Å². The van der Waals surface area contributed by atoms with Crippen LogP contribution in [0.2, 0.25) is 5.02 Å². The lowest BCUT2D eigenvalue weighted by molar-refractivity contribution is 0.297. The zero-order chi connectivity index (χ0) is 15.2. The van der Waals surface area contributed by atoms with E-state index in [1.54, 1.807) is 19.5 Å². The topological polar surface area (TPSA) is 43.4 Å². The van der Waals surface area contributed by atoms with Crippen molar-refractivity contribution in [1.29, 1.82) is 0 Å². The summed E-state index contributed by atoms with van der Waals surface area (Å²) >= 11 is 6.10. The number of methoxy groups -OCH3 is 1. The highest BCUT2D eigenvalue weighted by molar-refractivity contribution is 6.31. The summed E-state index contributed by atoms with van der Waals surface area (Å²) in [7, 11) is 3.55. The van der Waals surface area contributed by atoms with Crippen LogP contribution in [0.15, 0.2) is 36.7 Å². The van der Waals surface area contributed by atoms with E-state index in [1.807, 2.05) is 31.3 Å². The number of rotatable bonds is 6. The molecule has 1 aromatic heterocycles. The quantitative estimate of drug-likeness (QED) is 0.885. The second-order valence-electron chi connectivity index (χ2n) is 4.67. The van der Waals surface area contributed by atoms with Crippen molar-refractivity contribution in [2.24, 2.45) is 0 Å². The van der Waals surface area contributed by atoms with E-state index in [-0.39, 0.29) is 6.04 Å². The number of halogens is 1. The van der Waals surface area contributed by atoms with Crippen LogP contribution in [0.1, 0.15) is 24.1 Å². The van der Waals surface area contributed by atoms with E-state index in [1.165, 1.54) is 0 Å². The summed E-state index contributed by atoms with van der Waals surface area (Å²) in [5, 5.41) is 3.81. The molecule has 0 saturated heterocycles. The van der Waals surface area contributed by atoms with Crippen molar-refractivity contribution in [2.45, 2.75) is 19.6 Å². The van der Waals surface area contributed by atoms with Gasteiger partial charge in [0.05, 0.1) is 12.1 Å². The van der Waals surface area contributed by atoms with Gasteiger partial charge in [-0.05, 0) is 26.1 Å². The number of aromatic nitrogens is 1. The molecular formula is C16H19ClN2O2. The van der Waals surface area contributed by atoms with Crippen LogP contribution >= 0.6 is 11.6 Å². The van der Waals surface area contributed by atoms with Gasteiger partial charge in [0, 0.05) is 35.6 Å². The molecule has 0 bridgehead atoms. The monoisotopic (exact) mass is 306 g/mol. The maximum Gasteiger partial charge on any atom is 0.128 e. The molecule has 2 aromatic rings. The third kappa shape index (κ3) is 3.86. The van der Waals surface area contributed by atoms with E-state index in [2.05, 4.69) is 17.2 Å². The van der Waals surface area contributed by atoms with Gasteiger partial charge in [0.25, 0.3) is 0 Å². The molecule has 5 heteroatoms. The standard InChI is InChI=1S/C16H19ClN2O2/c1-11(18-2)14-5-4-13(20-3)8-16(14)21-10-12-6-7-19-9-15(12)17/h4-9,11,18H,10H2,1-3H3. The van der Waals surface area contributed by atoms with Crippen molar-refractivity contribution < 1.29 is 9.47 Å². The van der Waals surface area contributed by atoms with Crippen LogP contribution < -0.4 is 14.8 Å². The Hall–Kier alpha value is -1.78. The van der Waals surface area contributed by atoms with Crippen molar-refractivity contribution >= 4 is 11.6 Å². The van der Waals surface area contributed by atoms with Crippen molar-refractivity contribution in [1.82, 2.24) is 10.3 Å². The molecule has 2 rings (SSSR count). The maximum atomic E-state index is 6.10. The van der Waals surface area contributed by atoms with Gasteiger partial charge in [-0.15, -0.1) is 0 Å². The van der Waals surface area contributed by atoms with Crippen LogP contribution in [-0.2, 0) is 6.61 Å². The van der Waals surface area contributed by atoms with Gasteiger partial charge in [0.2, 0.25) is 0 Å². The van der Waals surface area contributed by atoms with Crippen LogP contribution in [-0.4, -0.2) is 19.1 Å². The van der Waals surface area contributed by atoms with E-state index in [9.17, 15) is 0 Å². The normalized spacial score (nSPS) is 12.0. The molecule has 4 nitrogen and oxygen atoms in total. The smallest absolute Gasteiger partial charge is 0.128 e. The first-order chi connectivity index (χ1) is 10.2. The molecule has 0 aliphatic carbocycles. The molecule has 21 heavy (non-hydrogen) atoms. The van der Waals surface area contributed by atoms with E-state index in [4.69, 9.17) is 21.1 Å². The summed E-state index contributed by atoms with van der Waals surface area (Å²) in [5.74, 6) is 1.54. The molecule has 0 amide bonds. The highest BCUT2D eigenvalue weighted by Crippen LogP contribution is 2.30. The minimum atomic E-state index is 0.179. The molecule has 0 spiro atoms. The Bertz CT molecular complexity index is 605. The second-order valence-corrected chi connectivity index (χ2v) is 5.08. The predicted molar refractivity (Wildman–Crippen MR) is 84.0 cm³/mol. The SMILES string of the molecule is CNC(C)c1ccc(OC)cc1OCc1ccncc1Cl. The Morgan fingerprint density at radius 3 is 2.81 bits per heavy atom. The van der Waals surface area contributed by atoms with Gasteiger partial charge in [-0.1, -0.05) is 17.7 Å². The van der Waals surface area contributed by atoms with E-state index < -0.39 is 0 Å². The first-order valence-electron chi connectivity index (χ1n) is 6.72. The molecule has 1 unspecified atom stereocenters. The number of ether oxygens (including phenoxy) is 2. The Balaban J connectivity index is 2.23. The first kappa shape index (κ1) is 15.6. The number of nitrogens with zero attached hydrogens (tertiary/aromatic N) is 1. The molecule has 1 atom stereocenters. The van der Waals surface area contributed by atoms with Crippen LogP contribution in [0.25, 0.3) is 0 Å². The van der Waals surface area contributed by atoms with E-state index >= 15 is 0 Å². The van der Waals surface area contributed by atoms with Crippen molar-refractivity contribution in [3.05, 3.63) is 52.8 Å². The molecule has 0 aliphatic rings. The molecule has 0 radical (unpaired) electrons. The molecular weight excluding hydrogens is 288 g/mol. The summed E-state index contributed by atoms with van der Waals surface area (Å²) in [4.78, 5) is 3.97. The van der Waals surface area contributed by atoms with Gasteiger partial charge >= 0.3 is 0 Å². The van der Waals surface area contributed by atoms with E-state index in [0.29, 0.717) is 11.6 Å². The summed E-state index contributed by atoms with van der Waals surface area (Å²) in [6.45, 7) is 2.46. The number of pyridine rings is 1. The number of hydrogen-bond donors (Lipinski definition) is 1. The minimum Gasteiger partial charge on any atom is -0.497 e. The molecule has 1 N–H and O–H groups in total. The summed E-state index contributed by atoms with van der Waals surface area (Å²) in [5.41, 5.74) is 1.97. The number of nitrogens with one attached hydrogen (secondary N) is 1. The van der Waals surface area contributed by atoms with Gasteiger partial charge in [-0.25, -0.2) is 0 Å². The predicted octanol–water partition coefficient (Wildman–Crippen LogP) is 3.60. The summed E-state index contributed by atoms with van der Waals surface area (Å²) in [6, 6.07) is 7.85. The maximum absolute atomic E-state index is 6.10. The Morgan fingerprint density at radius 1 is 1.33 bits per heavy atom. The van der Waals surface area contributed by atoms with Crippen LogP contribution in [0.4, 0.5) is 0 Å².